The number of urea groups is 1. The largest absolute Gasteiger partial charge is 0.361 e. The molecule has 0 radical (unpaired) electrons. The van der Waals surface area contributed by atoms with E-state index in [1.54, 1.807) is 0 Å². The number of nitrogens with two attached hydrogens (primary N) is 1. The number of carbonyl (C=O) groups is 1. The van der Waals surface area contributed by atoms with E-state index in [4.69, 9.17) is 10.3 Å². The predicted molar refractivity (Wildman–Crippen MR) is 95.1 cm³/mol. The molecule has 2 aromatic heterocycles. The fourth-order valence-electron chi connectivity index (χ4n) is 2.63. The van der Waals surface area contributed by atoms with Crippen LogP contribution >= 0.6 is 0 Å². The summed E-state index contributed by atoms with van der Waals surface area (Å²) in [5, 5.41) is 7.61. The maximum absolute atomic E-state index is 10.7. The summed E-state index contributed by atoms with van der Waals surface area (Å²) in [6.45, 7) is 1.36. The van der Waals surface area contributed by atoms with Gasteiger partial charge in [-0.25, -0.2) is 4.79 Å². The first-order valence-electron chi connectivity index (χ1n) is 8.14. The number of nitrogens with one attached hydrogen (secondary N) is 2. The highest BCUT2D eigenvalue weighted by Crippen LogP contribution is 2.25. The van der Waals surface area contributed by atoms with E-state index in [0.29, 0.717) is 24.7 Å². The number of aromatic nitrogens is 3. The molecule has 0 saturated heterocycles. The van der Waals surface area contributed by atoms with Gasteiger partial charge in [-0.05, 0) is 44.3 Å². The predicted octanol–water partition coefficient (Wildman–Crippen LogP) is 1.53. The SMILES string of the molecule is CN(C)CCc1c[nH]c2ccc(-c3nc(CCNC(N)=O)no3)cc12. The lowest BCUT2D eigenvalue weighted by Gasteiger charge is -2.08. The Balaban J connectivity index is 1.78. The summed E-state index contributed by atoms with van der Waals surface area (Å²) in [5.74, 6) is 1.00. The second-order valence-electron chi connectivity index (χ2n) is 6.18. The van der Waals surface area contributed by atoms with Crippen molar-refractivity contribution in [3.8, 4) is 11.5 Å². The van der Waals surface area contributed by atoms with Gasteiger partial charge in [0.05, 0.1) is 0 Å². The molecule has 132 valence electrons. The number of primary amides is 1. The maximum Gasteiger partial charge on any atom is 0.312 e. The third kappa shape index (κ3) is 4.16. The van der Waals surface area contributed by atoms with Crippen molar-refractivity contribution in [3.05, 3.63) is 35.8 Å². The monoisotopic (exact) mass is 342 g/mol. The van der Waals surface area contributed by atoms with Gasteiger partial charge in [-0.3, -0.25) is 0 Å². The van der Waals surface area contributed by atoms with Crippen LogP contribution in [-0.4, -0.2) is 53.2 Å². The van der Waals surface area contributed by atoms with E-state index in [2.05, 4.69) is 45.5 Å². The number of fused-ring (bicyclic) bond motifs is 1. The molecule has 0 aliphatic carbocycles. The lowest BCUT2D eigenvalue weighted by Crippen LogP contribution is -2.31. The first-order chi connectivity index (χ1) is 12.0. The highest BCUT2D eigenvalue weighted by molar-refractivity contribution is 5.87. The van der Waals surface area contributed by atoms with Crippen LogP contribution in [0.4, 0.5) is 4.79 Å². The van der Waals surface area contributed by atoms with Gasteiger partial charge < -0.3 is 25.5 Å². The molecule has 8 heteroatoms. The molecule has 3 aromatic rings. The third-order valence-electron chi connectivity index (χ3n) is 3.96. The van der Waals surface area contributed by atoms with Crippen LogP contribution in [0.3, 0.4) is 0 Å². The Morgan fingerprint density at radius 2 is 2.20 bits per heavy atom. The van der Waals surface area contributed by atoms with Crippen LogP contribution in [0.15, 0.2) is 28.9 Å². The molecule has 0 atom stereocenters. The van der Waals surface area contributed by atoms with Crippen LogP contribution < -0.4 is 11.1 Å². The van der Waals surface area contributed by atoms with Crippen molar-refractivity contribution < 1.29 is 9.32 Å². The van der Waals surface area contributed by atoms with Gasteiger partial charge in [0, 0.05) is 42.2 Å². The van der Waals surface area contributed by atoms with Crippen molar-refractivity contribution in [1.29, 1.82) is 0 Å². The topological polar surface area (TPSA) is 113 Å². The van der Waals surface area contributed by atoms with E-state index in [1.165, 1.54) is 5.56 Å². The Hall–Kier alpha value is -2.87. The number of rotatable bonds is 7. The van der Waals surface area contributed by atoms with Crippen molar-refractivity contribution >= 4 is 16.9 Å². The molecule has 4 N–H and O–H groups in total. The summed E-state index contributed by atoms with van der Waals surface area (Å²) >= 11 is 0. The average molecular weight is 342 g/mol. The minimum absolute atomic E-state index is 0.375. The molecule has 25 heavy (non-hydrogen) atoms. The van der Waals surface area contributed by atoms with Gasteiger partial charge in [0.15, 0.2) is 5.82 Å². The lowest BCUT2D eigenvalue weighted by molar-refractivity contribution is 0.249. The Morgan fingerprint density at radius 3 is 2.96 bits per heavy atom. The van der Waals surface area contributed by atoms with E-state index in [-0.39, 0.29) is 0 Å². The van der Waals surface area contributed by atoms with Gasteiger partial charge in [-0.15, -0.1) is 0 Å². The molecule has 0 saturated carbocycles. The summed E-state index contributed by atoms with van der Waals surface area (Å²) in [6, 6.07) is 5.47. The number of carbonyl (C=O) groups excluding carboxylic acids is 1. The molecule has 0 bridgehead atoms. The number of hydrogen-bond donors (Lipinski definition) is 3. The summed E-state index contributed by atoms with van der Waals surface area (Å²) in [7, 11) is 4.13. The van der Waals surface area contributed by atoms with E-state index in [1.807, 2.05) is 18.3 Å². The molecule has 0 fully saturated rings. The van der Waals surface area contributed by atoms with E-state index < -0.39 is 6.03 Å². The van der Waals surface area contributed by atoms with E-state index in [0.717, 1.165) is 29.4 Å². The molecule has 2 amide bonds. The van der Waals surface area contributed by atoms with Crippen molar-refractivity contribution in [2.75, 3.05) is 27.2 Å². The third-order valence-corrected chi connectivity index (χ3v) is 3.96. The molecule has 1 aromatic carbocycles. The van der Waals surface area contributed by atoms with Crippen LogP contribution in [0, 0.1) is 0 Å². The number of amides is 2. The number of aromatic amines is 1. The number of likely N-dealkylation sites (N-methyl/N-ethyl adjacent to an activating group) is 1. The quantitative estimate of drug-likeness (QED) is 0.603. The van der Waals surface area contributed by atoms with Crippen LogP contribution in [0.5, 0.6) is 0 Å². The minimum Gasteiger partial charge on any atom is -0.361 e. The molecule has 2 heterocycles. The molecular weight excluding hydrogens is 320 g/mol. The van der Waals surface area contributed by atoms with Gasteiger partial charge >= 0.3 is 6.03 Å². The van der Waals surface area contributed by atoms with Crippen molar-refractivity contribution in [3.63, 3.8) is 0 Å². The van der Waals surface area contributed by atoms with Gasteiger partial charge in [0.1, 0.15) is 0 Å². The van der Waals surface area contributed by atoms with Crippen LogP contribution in [0.1, 0.15) is 11.4 Å². The molecule has 0 aliphatic heterocycles. The molecule has 8 nitrogen and oxygen atoms in total. The Labute approximate surface area is 145 Å². The number of nitrogens with zero attached hydrogens (tertiary/aromatic N) is 3. The number of H-pyrrole nitrogens is 1. The number of hydrogen-bond acceptors (Lipinski definition) is 5. The van der Waals surface area contributed by atoms with Gasteiger partial charge in [0.2, 0.25) is 0 Å². The highest BCUT2D eigenvalue weighted by Gasteiger charge is 2.12. The smallest absolute Gasteiger partial charge is 0.312 e. The van der Waals surface area contributed by atoms with Crippen molar-refractivity contribution in [2.45, 2.75) is 12.8 Å². The average Bonchev–Trinajstić information content (AvgIpc) is 3.18. The molecule has 0 unspecified atom stereocenters. The summed E-state index contributed by atoms with van der Waals surface area (Å²) in [6.07, 6.45) is 3.48. The standard InChI is InChI=1S/C17H22N6O2/c1-23(2)8-6-12-10-20-14-4-3-11(9-13(12)14)16-21-15(22-25-16)5-7-19-17(18)24/h3-4,9-10,20H,5-8H2,1-2H3,(H3,18,19,24). The van der Waals surface area contributed by atoms with E-state index in [9.17, 15) is 4.79 Å². The summed E-state index contributed by atoms with van der Waals surface area (Å²) in [4.78, 5) is 20.5. The number of benzene rings is 1. The molecular formula is C17H22N6O2. The Kier molecular flexibility index (Phi) is 4.99. The fourth-order valence-corrected chi connectivity index (χ4v) is 2.63. The van der Waals surface area contributed by atoms with Crippen molar-refractivity contribution in [2.24, 2.45) is 5.73 Å². The van der Waals surface area contributed by atoms with Gasteiger partial charge in [0.25, 0.3) is 5.89 Å². The normalized spacial score (nSPS) is 11.3. The van der Waals surface area contributed by atoms with Crippen LogP contribution in [0.25, 0.3) is 22.4 Å². The maximum atomic E-state index is 10.7. The second kappa shape index (κ2) is 7.35. The molecule has 0 aliphatic rings. The minimum atomic E-state index is -0.563. The zero-order valence-electron chi connectivity index (χ0n) is 14.4. The highest BCUT2D eigenvalue weighted by atomic mass is 16.5. The van der Waals surface area contributed by atoms with Crippen LogP contribution in [-0.2, 0) is 12.8 Å². The second-order valence-corrected chi connectivity index (χ2v) is 6.18. The van der Waals surface area contributed by atoms with Crippen LogP contribution in [0.2, 0.25) is 0 Å². The van der Waals surface area contributed by atoms with E-state index >= 15 is 0 Å². The molecule has 3 rings (SSSR count). The fraction of sp³-hybridized carbons (Fsp3) is 0.353. The zero-order valence-corrected chi connectivity index (χ0v) is 14.4. The van der Waals surface area contributed by atoms with Gasteiger partial charge in [-0.2, -0.15) is 4.98 Å². The Bertz CT molecular complexity index is 867. The summed E-state index contributed by atoms with van der Waals surface area (Å²) < 4.78 is 5.35. The molecule has 0 spiro atoms. The lowest BCUT2D eigenvalue weighted by atomic mass is 10.1. The Morgan fingerprint density at radius 1 is 1.36 bits per heavy atom. The van der Waals surface area contributed by atoms with Gasteiger partial charge in [-0.1, -0.05) is 5.16 Å². The summed E-state index contributed by atoms with van der Waals surface area (Å²) in [5.41, 5.74) is 8.25. The first kappa shape index (κ1) is 17.0. The first-order valence-corrected chi connectivity index (χ1v) is 8.14. The van der Waals surface area contributed by atoms with Crippen molar-refractivity contribution in [1.82, 2.24) is 25.3 Å². The zero-order chi connectivity index (χ0) is 17.8.